The first kappa shape index (κ1) is 16.2. The number of thioether (sulfide) groups is 1. The van der Waals surface area contributed by atoms with Crippen molar-refractivity contribution < 1.29 is 9.59 Å². The van der Waals surface area contributed by atoms with E-state index >= 15 is 0 Å². The Morgan fingerprint density at radius 1 is 1.30 bits per heavy atom. The third-order valence-corrected chi connectivity index (χ3v) is 5.37. The number of amides is 2. The average Bonchev–Trinajstić information content (AvgIpc) is 3.13. The van der Waals surface area contributed by atoms with Crippen LogP contribution in [0.1, 0.15) is 31.2 Å². The van der Waals surface area contributed by atoms with Gasteiger partial charge >= 0.3 is 0 Å². The van der Waals surface area contributed by atoms with Crippen molar-refractivity contribution in [2.75, 3.05) is 6.54 Å². The Morgan fingerprint density at radius 3 is 2.70 bits per heavy atom. The second-order valence-corrected chi connectivity index (χ2v) is 7.40. The van der Waals surface area contributed by atoms with Crippen LogP contribution in [-0.2, 0) is 9.59 Å². The molecule has 0 radical (unpaired) electrons. The number of nitrogens with one attached hydrogen (secondary N) is 1. The van der Waals surface area contributed by atoms with Crippen molar-refractivity contribution in [3.8, 4) is 0 Å². The minimum absolute atomic E-state index is 0.00724. The highest BCUT2D eigenvalue weighted by Gasteiger charge is 2.33. The fourth-order valence-electron chi connectivity index (χ4n) is 2.82. The molecule has 1 aliphatic carbocycles. The molecule has 23 heavy (non-hydrogen) atoms. The lowest BCUT2D eigenvalue weighted by molar-refractivity contribution is -0.129. The predicted molar refractivity (Wildman–Crippen MR) is 96.7 cm³/mol. The Hall–Kier alpha value is -1.66. The fourth-order valence-corrected chi connectivity index (χ4v) is 4.08. The lowest BCUT2D eigenvalue weighted by Gasteiger charge is -2.17. The Labute approximate surface area is 145 Å². The van der Waals surface area contributed by atoms with Crippen LogP contribution in [-0.4, -0.2) is 33.6 Å². The van der Waals surface area contributed by atoms with E-state index in [9.17, 15) is 9.59 Å². The summed E-state index contributed by atoms with van der Waals surface area (Å²) in [7, 11) is 0. The number of thiocarbonyl (C=S) groups is 1. The lowest BCUT2D eigenvalue weighted by atomic mass is 10.2. The number of nitrogens with zero attached hydrogens (tertiary/aromatic N) is 1. The first-order valence-corrected chi connectivity index (χ1v) is 8.96. The van der Waals surface area contributed by atoms with Crippen molar-refractivity contribution in [1.82, 2.24) is 10.2 Å². The van der Waals surface area contributed by atoms with E-state index in [0.717, 1.165) is 31.2 Å². The summed E-state index contributed by atoms with van der Waals surface area (Å²) in [5.74, 6) is -0.320. The number of benzene rings is 1. The summed E-state index contributed by atoms with van der Waals surface area (Å²) in [6.07, 6.45) is 6.18. The molecule has 1 aromatic carbocycles. The third-order valence-electron chi connectivity index (χ3n) is 3.99. The SMILES string of the molecule is O=C(CN1C(=O)C(=Cc2ccccc2)SC1=S)NC1CCCC1. The van der Waals surface area contributed by atoms with E-state index < -0.39 is 0 Å². The van der Waals surface area contributed by atoms with Gasteiger partial charge in [0.15, 0.2) is 0 Å². The van der Waals surface area contributed by atoms with Gasteiger partial charge in [0.1, 0.15) is 10.9 Å². The van der Waals surface area contributed by atoms with Crippen LogP contribution in [0.5, 0.6) is 0 Å². The quantitative estimate of drug-likeness (QED) is 0.673. The second-order valence-electron chi connectivity index (χ2n) is 5.73. The van der Waals surface area contributed by atoms with Gasteiger partial charge in [0.2, 0.25) is 5.91 Å². The third kappa shape index (κ3) is 4.00. The summed E-state index contributed by atoms with van der Waals surface area (Å²) >= 11 is 6.51. The summed E-state index contributed by atoms with van der Waals surface area (Å²) in [6, 6.07) is 9.87. The van der Waals surface area contributed by atoms with Crippen molar-refractivity contribution in [2.24, 2.45) is 0 Å². The highest BCUT2D eigenvalue weighted by atomic mass is 32.2. The number of carbonyl (C=O) groups excluding carboxylic acids is 2. The monoisotopic (exact) mass is 346 g/mol. The van der Waals surface area contributed by atoms with E-state index in [2.05, 4.69) is 5.32 Å². The maximum Gasteiger partial charge on any atom is 0.266 e. The van der Waals surface area contributed by atoms with Crippen LogP contribution in [0.3, 0.4) is 0 Å². The van der Waals surface area contributed by atoms with Crippen molar-refractivity contribution in [2.45, 2.75) is 31.7 Å². The lowest BCUT2D eigenvalue weighted by Crippen LogP contribution is -2.42. The van der Waals surface area contributed by atoms with Crippen LogP contribution >= 0.6 is 24.0 Å². The molecule has 3 rings (SSSR count). The molecule has 1 N–H and O–H groups in total. The van der Waals surface area contributed by atoms with Gasteiger partial charge in [-0.3, -0.25) is 14.5 Å². The van der Waals surface area contributed by atoms with Crippen molar-refractivity contribution in [1.29, 1.82) is 0 Å². The van der Waals surface area contributed by atoms with E-state index in [1.165, 1.54) is 16.7 Å². The number of hydrogen-bond acceptors (Lipinski definition) is 4. The Bertz CT molecular complexity index is 652. The van der Waals surface area contributed by atoms with Gasteiger partial charge in [-0.1, -0.05) is 67.2 Å². The average molecular weight is 346 g/mol. The molecule has 1 aromatic rings. The van der Waals surface area contributed by atoms with Gasteiger partial charge in [0.05, 0.1) is 4.91 Å². The minimum Gasteiger partial charge on any atom is -0.352 e. The standard InChI is InChI=1S/C17H18N2O2S2/c20-15(18-13-8-4-5-9-13)11-19-16(21)14(23-17(19)22)10-12-6-2-1-3-7-12/h1-3,6-7,10,13H,4-5,8-9,11H2,(H,18,20). The summed E-state index contributed by atoms with van der Waals surface area (Å²) in [5, 5.41) is 2.99. The normalized spacial score (nSPS) is 20.5. The molecule has 1 saturated heterocycles. The Balaban J connectivity index is 1.64. The fraction of sp³-hybridized carbons (Fsp3) is 0.353. The van der Waals surface area contributed by atoms with Crippen LogP contribution in [0, 0.1) is 0 Å². The first-order valence-electron chi connectivity index (χ1n) is 7.73. The smallest absolute Gasteiger partial charge is 0.266 e. The molecule has 2 fully saturated rings. The molecule has 6 heteroatoms. The number of hydrogen-bond donors (Lipinski definition) is 1. The summed E-state index contributed by atoms with van der Waals surface area (Å²) < 4.78 is 0.443. The van der Waals surface area contributed by atoms with Crippen LogP contribution in [0.2, 0.25) is 0 Å². The highest BCUT2D eigenvalue weighted by molar-refractivity contribution is 8.26. The van der Waals surface area contributed by atoms with Crippen LogP contribution < -0.4 is 5.32 Å². The Morgan fingerprint density at radius 2 is 2.00 bits per heavy atom. The molecular formula is C17H18N2O2S2. The van der Waals surface area contributed by atoms with E-state index in [0.29, 0.717) is 9.23 Å². The van der Waals surface area contributed by atoms with Gasteiger partial charge in [0, 0.05) is 6.04 Å². The van der Waals surface area contributed by atoms with Gasteiger partial charge in [0.25, 0.3) is 5.91 Å². The zero-order valence-electron chi connectivity index (χ0n) is 12.7. The predicted octanol–water partition coefficient (Wildman–Crippen LogP) is 2.95. The molecule has 0 bridgehead atoms. The first-order chi connectivity index (χ1) is 11.1. The zero-order chi connectivity index (χ0) is 16.2. The van der Waals surface area contributed by atoms with Crippen LogP contribution in [0.4, 0.5) is 0 Å². The van der Waals surface area contributed by atoms with Crippen molar-refractivity contribution in [3.63, 3.8) is 0 Å². The topological polar surface area (TPSA) is 49.4 Å². The maximum atomic E-state index is 12.5. The van der Waals surface area contributed by atoms with Gasteiger partial charge in [-0.15, -0.1) is 0 Å². The zero-order valence-corrected chi connectivity index (χ0v) is 14.3. The summed E-state index contributed by atoms with van der Waals surface area (Å²) in [5.41, 5.74) is 0.948. The van der Waals surface area contributed by atoms with Crippen LogP contribution in [0.25, 0.3) is 6.08 Å². The molecular weight excluding hydrogens is 328 g/mol. The van der Waals surface area contributed by atoms with E-state index in [4.69, 9.17) is 12.2 Å². The maximum absolute atomic E-state index is 12.5. The van der Waals surface area contributed by atoms with Gasteiger partial charge in [-0.2, -0.15) is 0 Å². The molecule has 0 atom stereocenters. The van der Waals surface area contributed by atoms with E-state index in [-0.39, 0.29) is 24.4 Å². The van der Waals surface area contributed by atoms with E-state index in [1.54, 1.807) is 0 Å². The molecule has 0 spiro atoms. The molecule has 0 unspecified atom stereocenters. The molecule has 2 aliphatic rings. The van der Waals surface area contributed by atoms with Gasteiger partial charge < -0.3 is 5.32 Å². The molecule has 1 saturated carbocycles. The highest BCUT2D eigenvalue weighted by Crippen LogP contribution is 2.32. The molecule has 1 aliphatic heterocycles. The van der Waals surface area contributed by atoms with Crippen LogP contribution in [0.15, 0.2) is 35.2 Å². The molecule has 0 aromatic heterocycles. The molecule has 4 nitrogen and oxygen atoms in total. The molecule has 120 valence electrons. The van der Waals surface area contributed by atoms with E-state index in [1.807, 2.05) is 36.4 Å². The second kappa shape index (κ2) is 7.27. The summed E-state index contributed by atoms with van der Waals surface area (Å²) in [4.78, 5) is 26.5. The molecule has 2 amide bonds. The number of carbonyl (C=O) groups is 2. The van der Waals surface area contributed by atoms with Crippen molar-refractivity contribution >= 4 is 46.2 Å². The van der Waals surface area contributed by atoms with Crippen molar-refractivity contribution in [3.05, 3.63) is 40.8 Å². The van der Waals surface area contributed by atoms with Gasteiger partial charge in [-0.25, -0.2) is 0 Å². The Kier molecular flexibility index (Phi) is 5.13. The largest absolute Gasteiger partial charge is 0.352 e. The number of rotatable bonds is 4. The minimum atomic E-state index is -0.189. The molecule has 1 heterocycles. The van der Waals surface area contributed by atoms with Gasteiger partial charge in [-0.05, 0) is 24.5 Å². The summed E-state index contributed by atoms with van der Waals surface area (Å²) in [6.45, 7) is 0.00724.